The van der Waals surface area contributed by atoms with Gasteiger partial charge in [-0.25, -0.2) is 14.2 Å². The fraction of sp³-hybridized carbons (Fsp3) is 0.394. The van der Waals surface area contributed by atoms with E-state index < -0.39 is 5.60 Å². The molecule has 3 heterocycles. The first-order valence-corrected chi connectivity index (χ1v) is 15.2. The van der Waals surface area contributed by atoms with E-state index in [9.17, 15) is 14.0 Å². The van der Waals surface area contributed by atoms with Gasteiger partial charge >= 0.3 is 6.09 Å². The summed E-state index contributed by atoms with van der Waals surface area (Å²) in [6.45, 7) is 7.66. The second-order valence-corrected chi connectivity index (χ2v) is 12.1. The minimum atomic E-state index is -0.569. The molecule has 1 fully saturated rings. The van der Waals surface area contributed by atoms with Crippen molar-refractivity contribution in [2.45, 2.75) is 51.7 Å². The molecule has 242 valence electrons. The Balaban J connectivity index is 1.47. The van der Waals surface area contributed by atoms with Gasteiger partial charge in [0, 0.05) is 49.6 Å². The van der Waals surface area contributed by atoms with Crippen LogP contribution in [0.25, 0.3) is 22.6 Å². The Morgan fingerprint density at radius 1 is 1.07 bits per heavy atom. The number of carbonyl (C=O) groups excluding carboxylic acids is 2. The van der Waals surface area contributed by atoms with Crippen molar-refractivity contribution in [3.05, 3.63) is 72.0 Å². The van der Waals surface area contributed by atoms with Gasteiger partial charge in [0.1, 0.15) is 17.2 Å². The van der Waals surface area contributed by atoms with Gasteiger partial charge in [-0.2, -0.15) is 5.21 Å². The number of nitrogens with one attached hydrogen (secondary N) is 2. The number of aromatic amines is 1. The number of anilines is 2. The number of rotatable bonds is 10. The molecule has 5 rings (SSSR count). The van der Waals surface area contributed by atoms with Crippen LogP contribution >= 0.6 is 0 Å². The fourth-order valence-corrected chi connectivity index (χ4v) is 5.42. The molecule has 4 aromatic rings. The molecule has 0 spiro atoms. The Morgan fingerprint density at radius 3 is 2.43 bits per heavy atom. The Labute approximate surface area is 267 Å². The van der Waals surface area contributed by atoms with Crippen molar-refractivity contribution in [2.75, 3.05) is 43.6 Å². The van der Waals surface area contributed by atoms with E-state index in [0.29, 0.717) is 62.1 Å². The number of methoxy groups -OCH3 is 1. The van der Waals surface area contributed by atoms with Crippen molar-refractivity contribution in [1.29, 1.82) is 0 Å². The quantitative estimate of drug-likeness (QED) is 0.245. The van der Waals surface area contributed by atoms with Gasteiger partial charge in [-0.05, 0) is 80.8 Å². The standard InChI is InChI=1S/C33H39FN8O4/c1-33(2,3)46-32(44)41-15-13-25(14-16-41)42(17-18-45-4)29-20-22(21-30(43)35-24-11-9-23(34)10-12-24)19-28(36-29)26-7-5-6-8-27(26)31-37-39-40-38-31/h5-12,19-20,25H,13-18,21H2,1-4H3,(H,35,43)(H,37,38,39,40). The minimum Gasteiger partial charge on any atom is -0.444 e. The van der Waals surface area contributed by atoms with Gasteiger partial charge in [0.2, 0.25) is 11.7 Å². The van der Waals surface area contributed by atoms with Crippen LogP contribution in [0.5, 0.6) is 0 Å². The van der Waals surface area contributed by atoms with Crippen LogP contribution < -0.4 is 10.2 Å². The molecule has 1 aliphatic rings. The lowest BCUT2D eigenvalue weighted by Crippen LogP contribution is -2.49. The van der Waals surface area contributed by atoms with Gasteiger partial charge in [0.15, 0.2) is 0 Å². The summed E-state index contributed by atoms with van der Waals surface area (Å²) in [4.78, 5) is 35.0. The Kier molecular flexibility index (Phi) is 10.2. The van der Waals surface area contributed by atoms with Crippen LogP contribution in [-0.2, 0) is 20.7 Å². The summed E-state index contributed by atoms with van der Waals surface area (Å²) in [5.74, 6) is 0.465. The highest BCUT2D eigenvalue weighted by molar-refractivity contribution is 5.92. The number of benzene rings is 2. The van der Waals surface area contributed by atoms with Crippen LogP contribution in [0.3, 0.4) is 0 Å². The summed E-state index contributed by atoms with van der Waals surface area (Å²) in [6, 6.07) is 17.1. The van der Waals surface area contributed by atoms with Crippen molar-refractivity contribution in [3.8, 4) is 22.6 Å². The molecule has 46 heavy (non-hydrogen) atoms. The number of tetrazole rings is 1. The number of amides is 2. The number of H-pyrrole nitrogens is 1. The molecule has 12 nitrogen and oxygen atoms in total. The van der Waals surface area contributed by atoms with Crippen LogP contribution in [0.2, 0.25) is 0 Å². The second kappa shape index (κ2) is 14.5. The predicted octanol–water partition coefficient (Wildman–Crippen LogP) is 5.10. The summed E-state index contributed by atoms with van der Waals surface area (Å²) in [5, 5.41) is 17.4. The van der Waals surface area contributed by atoms with E-state index in [1.54, 1.807) is 12.0 Å². The molecule has 0 bridgehead atoms. The molecule has 2 amide bonds. The Bertz CT molecular complexity index is 1620. The van der Waals surface area contributed by atoms with E-state index in [4.69, 9.17) is 14.5 Å². The van der Waals surface area contributed by atoms with Gasteiger partial charge in [-0.3, -0.25) is 4.79 Å². The maximum atomic E-state index is 13.4. The molecule has 0 radical (unpaired) electrons. The number of pyridine rings is 1. The SMILES string of the molecule is COCCN(c1cc(CC(=O)Nc2ccc(F)cc2)cc(-c2ccccc2-c2nn[nH]n2)n1)C1CCN(C(=O)OC(C)(C)C)CC1. The topological polar surface area (TPSA) is 138 Å². The van der Waals surface area contributed by atoms with E-state index in [-0.39, 0.29) is 30.3 Å². The van der Waals surface area contributed by atoms with Crippen LogP contribution in [0.15, 0.2) is 60.7 Å². The van der Waals surface area contributed by atoms with E-state index in [1.165, 1.54) is 24.3 Å². The van der Waals surface area contributed by atoms with Crippen LogP contribution in [0.1, 0.15) is 39.2 Å². The molecule has 13 heteroatoms. The normalized spacial score (nSPS) is 13.8. The summed E-state index contributed by atoms with van der Waals surface area (Å²) < 4.78 is 24.5. The lowest BCUT2D eigenvalue weighted by atomic mass is 10.00. The first kappa shape index (κ1) is 32.5. The first-order chi connectivity index (χ1) is 22.1. The molecule has 1 aliphatic heterocycles. The smallest absolute Gasteiger partial charge is 0.410 e. The van der Waals surface area contributed by atoms with Gasteiger partial charge < -0.3 is 24.6 Å². The predicted molar refractivity (Wildman–Crippen MR) is 172 cm³/mol. The average molecular weight is 631 g/mol. The Hall–Kier alpha value is -4.91. The molecule has 2 aromatic heterocycles. The van der Waals surface area contributed by atoms with E-state index in [2.05, 4.69) is 30.8 Å². The zero-order valence-corrected chi connectivity index (χ0v) is 26.5. The number of hydrogen-bond acceptors (Lipinski definition) is 9. The minimum absolute atomic E-state index is 0.0550. The number of halogens is 1. The number of hydrogen-bond donors (Lipinski definition) is 2. The van der Waals surface area contributed by atoms with Gasteiger partial charge in [0.05, 0.1) is 18.7 Å². The van der Waals surface area contributed by atoms with Gasteiger partial charge in [0.25, 0.3) is 0 Å². The van der Waals surface area contributed by atoms with E-state index in [1.807, 2.05) is 57.2 Å². The fourth-order valence-electron chi connectivity index (χ4n) is 5.42. The molecule has 0 saturated carbocycles. The lowest BCUT2D eigenvalue weighted by Gasteiger charge is -2.39. The summed E-state index contributed by atoms with van der Waals surface area (Å²) in [7, 11) is 1.65. The molecule has 1 saturated heterocycles. The van der Waals surface area contributed by atoms with Gasteiger partial charge in [-0.15, -0.1) is 10.2 Å². The summed E-state index contributed by atoms with van der Waals surface area (Å²) >= 11 is 0. The molecule has 0 unspecified atom stereocenters. The maximum absolute atomic E-state index is 13.4. The number of piperidine rings is 1. The third-order valence-electron chi connectivity index (χ3n) is 7.54. The van der Waals surface area contributed by atoms with Crippen molar-refractivity contribution in [1.82, 2.24) is 30.5 Å². The second-order valence-electron chi connectivity index (χ2n) is 12.1. The number of carbonyl (C=O) groups is 2. The third-order valence-corrected chi connectivity index (χ3v) is 7.54. The lowest BCUT2D eigenvalue weighted by molar-refractivity contribution is -0.115. The number of aromatic nitrogens is 5. The van der Waals surface area contributed by atoms with Crippen molar-refractivity contribution in [2.24, 2.45) is 0 Å². The number of ether oxygens (including phenoxy) is 2. The molecule has 2 N–H and O–H groups in total. The highest BCUT2D eigenvalue weighted by Crippen LogP contribution is 2.32. The van der Waals surface area contributed by atoms with Crippen LogP contribution in [0, 0.1) is 5.82 Å². The van der Waals surface area contributed by atoms with Crippen molar-refractivity contribution < 1.29 is 23.5 Å². The van der Waals surface area contributed by atoms with Crippen molar-refractivity contribution >= 4 is 23.5 Å². The van der Waals surface area contributed by atoms with E-state index >= 15 is 0 Å². The Morgan fingerprint density at radius 2 is 1.78 bits per heavy atom. The van der Waals surface area contributed by atoms with Crippen LogP contribution in [0.4, 0.5) is 20.7 Å². The highest BCUT2D eigenvalue weighted by Gasteiger charge is 2.30. The monoisotopic (exact) mass is 630 g/mol. The van der Waals surface area contributed by atoms with Crippen LogP contribution in [-0.4, -0.2) is 87.5 Å². The zero-order valence-electron chi connectivity index (χ0n) is 26.5. The zero-order chi connectivity index (χ0) is 32.7. The molecular formula is C33H39FN8O4. The average Bonchev–Trinajstić information content (AvgIpc) is 3.57. The molecule has 0 atom stereocenters. The molecular weight excluding hydrogens is 591 g/mol. The van der Waals surface area contributed by atoms with E-state index in [0.717, 1.165) is 16.7 Å². The third kappa shape index (κ3) is 8.42. The first-order valence-electron chi connectivity index (χ1n) is 15.2. The summed E-state index contributed by atoms with van der Waals surface area (Å²) in [5.41, 5.74) is 2.81. The summed E-state index contributed by atoms with van der Waals surface area (Å²) in [6.07, 6.45) is 1.14. The number of nitrogens with zero attached hydrogens (tertiary/aromatic N) is 6. The van der Waals surface area contributed by atoms with Gasteiger partial charge in [-0.1, -0.05) is 24.3 Å². The highest BCUT2D eigenvalue weighted by atomic mass is 19.1. The largest absolute Gasteiger partial charge is 0.444 e. The molecule has 0 aliphatic carbocycles. The maximum Gasteiger partial charge on any atom is 0.410 e. The van der Waals surface area contributed by atoms with Crippen molar-refractivity contribution in [3.63, 3.8) is 0 Å². The molecule has 2 aromatic carbocycles. The number of likely N-dealkylation sites (tertiary alicyclic amines) is 1.